The number of aromatic nitrogens is 5. The number of hydrogen-bond acceptors (Lipinski definition) is 4. The highest BCUT2D eigenvalue weighted by molar-refractivity contribution is 6.34. The fourth-order valence-electron chi connectivity index (χ4n) is 3.52. The number of aryl methyl sites for hydroxylation is 1. The van der Waals surface area contributed by atoms with Gasteiger partial charge in [-0.2, -0.15) is 40.2 Å². The van der Waals surface area contributed by atoms with E-state index in [1.807, 2.05) is 0 Å². The van der Waals surface area contributed by atoms with Crippen molar-refractivity contribution in [1.82, 2.24) is 29.9 Å². The fourth-order valence-corrected chi connectivity index (χ4v) is 3.72. The van der Waals surface area contributed by atoms with Gasteiger partial charge in [-0.25, -0.2) is 0 Å². The van der Waals surface area contributed by atoms with E-state index in [1.165, 1.54) is 25.2 Å². The number of rotatable bonds is 5. The normalized spacial score (nSPS) is 14.9. The third-order valence-corrected chi connectivity index (χ3v) is 5.78. The molecule has 4 rings (SSSR count). The Labute approximate surface area is 202 Å². The lowest BCUT2D eigenvalue weighted by atomic mass is 10.1. The van der Waals surface area contributed by atoms with E-state index in [0.717, 1.165) is 24.5 Å². The number of benzene rings is 1. The molecule has 0 bridgehead atoms. The van der Waals surface area contributed by atoms with Gasteiger partial charge in [0.2, 0.25) is 0 Å². The topological polar surface area (TPSA) is 77.6 Å². The second-order valence-electron chi connectivity index (χ2n) is 8.11. The number of alkyl halides is 8. The summed E-state index contributed by atoms with van der Waals surface area (Å²) in [5.41, 5.74) is -5.72. The molecular weight excluding hydrogens is 528 g/mol. The Kier molecular flexibility index (Phi) is 6.05. The van der Waals surface area contributed by atoms with Crippen molar-refractivity contribution in [3.05, 3.63) is 40.0 Å². The van der Waals surface area contributed by atoms with E-state index >= 15 is 0 Å². The largest absolute Gasteiger partial charge is 0.459 e. The highest BCUT2D eigenvalue weighted by Crippen LogP contribution is 2.50. The number of halogens is 9. The van der Waals surface area contributed by atoms with E-state index in [0.29, 0.717) is 0 Å². The molecule has 1 aliphatic rings. The summed E-state index contributed by atoms with van der Waals surface area (Å²) >= 11 is 6.09. The monoisotopic (exact) mass is 542 g/mol. The first-order valence-electron chi connectivity index (χ1n) is 10.1. The SMILES string of the molecule is Cn1nc(C(F)(F)C(F)(F)F)c(C(F)(F)F)c1-c1nnc(-c2ccc(Cl)c(C(=O)NC3CC3)c2)n1C. The predicted molar refractivity (Wildman–Crippen MR) is 109 cm³/mol. The lowest BCUT2D eigenvalue weighted by Crippen LogP contribution is -2.36. The highest BCUT2D eigenvalue weighted by Gasteiger charge is 2.64. The molecule has 1 fully saturated rings. The van der Waals surface area contributed by atoms with Crippen LogP contribution in [0, 0.1) is 0 Å². The molecule has 16 heteroatoms. The first-order chi connectivity index (χ1) is 16.5. The van der Waals surface area contributed by atoms with Crippen LogP contribution >= 0.6 is 11.6 Å². The molecule has 1 aliphatic carbocycles. The number of amides is 1. The van der Waals surface area contributed by atoms with Crippen molar-refractivity contribution < 1.29 is 39.9 Å². The third kappa shape index (κ3) is 4.40. The van der Waals surface area contributed by atoms with Gasteiger partial charge in [0, 0.05) is 25.7 Å². The van der Waals surface area contributed by atoms with Gasteiger partial charge in [0.15, 0.2) is 17.3 Å². The molecule has 0 unspecified atom stereocenters. The van der Waals surface area contributed by atoms with Gasteiger partial charge < -0.3 is 9.88 Å². The smallest absolute Gasteiger partial charge is 0.349 e. The van der Waals surface area contributed by atoms with Crippen molar-refractivity contribution in [2.75, 3.05) is 0 Å². The van der Waals surface area contributed by atoms with E-state index in [-0.39, 0.29) is 32.7 Å². The van der Waals surface area contributed by atoms with E-state index < -0.39 is 47.0 Å². The Balaban J connectivity index is 1.84. The second kappa shape index (κ2) is 8.42. The summed E-state index contributed by atoms with van der Waals surface area (Å²) in [5, 5.41) is 13.1. The highest BCUT2D eigenvalue weighted by atomic mass is 35.5. The van der Waals surface area contributed by atoms with Gasteiger partial charge in [-0.05, 0) is 31.0 Å². The predicted octanol–water partition coefficient (Wildman–Crippen LogP) is 5.10. The molecule has 3 aromatic rings. The maximum absolute atomic E-state index is 14.0. The molecule has 1 saturated carbocycles. The lowest BCUT2D eigenvalue weighted by molar-refractivity contribution is -0.292. The summed E-state index contributed by atoms with van der Waals surface area (Å²) in [6, 6.07) is 4.06. The molecular formula is C20H15ClF8N6O. The van der Waals surface area contributed by atoms with Crippen LogP contribution in [0.1, 0.15) is 34.5 Å². The Bertz CT molecular complexity index is 1340. The Hall–Kier alpha value is -3.23. The maximum atomic E-state index is 14.0. The minimum atomic E-state index is -6.33. The van der Waals surface area contributed by atoms with Crippen LogP contribution in [0.4, 0.5) is 35.1 Å². The van der Waals surface area contributed by atoms with Crippen LogP contribution in [-0.2, 0) is 26.2 Å². The van der Waals surface area contributed by atoms with Crippen LogP contribution in [0.3, 0.4) is 0 Å². The van der Waals surface area contributed by atoms with Crippen LogP contribution in [0.25, 0.3) is 22.9 Å². The summed E-state index contributed by atoms with van der Waals surface area (Å²) in [4.78, 5) is 12.5. The summed E-state index contributed by atoms with van der Waals surface area (Å²) in [6.07, 6.45) is -10.4. The number of nitrogens with zero attached hydrogens (tertiary/aromatic N) is 5. The van der Waals surface area contributed by atoms with Gasteiger partial charge in [0.05, 0.1) is 10.6 Å². The molecule has 1 amide bonds. The van der Waals surface area contributed by atoms with Gasteiger partial charge >= 0.3 is 18.3 Å². The fraction of sp³-hybridized carbons (Fsp3) is 0.400. The molecule has 0 saturated heterocycles. The first kappa shape index (κ1) is 25.9. The third-order valence-electron chi connectivity index (χ3n) is 5.45. The lowest BCUT2D eigenvalue weighted by Gasteiger charge is -2.19. The van der Waals surface area contributed by atoms with E-state index in [1.54, 1.807) is 0 Å². The molecule has 0 spiro atoms. The van der Waals surface area contributed by atoms with Crippen LogP contribution in [0.5, 0.6) is 0 Å². The average Bonchev–Trinajstić information content (AvgIpc) is 3.37. The molecule has 0 atom stereocenters. The van der Waals surface area contributed by atoms with Crippen molar-refractivity contribution >= 4 is 17.5 Å². The number of nitrogens with one attached hydrogen (secondary N) is 1. The Morgan fingerprint density at radius 3 is 2.19 bits per heavy atom. The minimum Gasteiger partial charge on any atom is -0.349 e. The molecule has 2 aromatic heterocycles. The van der Waals surface area contributed by atoms with Gasteiger partial charge in [0.1, 0.15) is 11.3 Å². The second-order valence-corrected chi connectivity index (χ2v) is 8.52. The zero-order valence-electron chi connectivity index (χ0n) is 18.3. The maximum Gasteiger partial charge on any atom is 0.459 e. The zero-order chi connectivity index (χ0) is 26.8. The molecule has 194 valence electrons. The molecule has 0 radical (unpaired) electrons. The molecule has 7 nitrogen and oxygen atoms in total. The number of carbonyl (C=O) groups excluding carboxylic acids is 1. The van der Waals surface area contributed by atoms with Gasteiger partial charge in [-0.3, -0.25) is 9.48 Å². The molecule has 1 N–H and O–H groups in total. The molecule has 36 heavy (non-hydrogen) atoms. The van der Waals surface area contributed by atoms with Crippen molar-refractivity contribution in [3.8, 4) is 22.9 Å². The van der Waals surface area contributed by atoms with Crippen molar-refractivity contribution in [1.29, 1.82) is 0 Å². The van der Waals surface area contributed by atoms with Crippen molar-refractivity contribution in [2.24, 2.45) is 14.1 Å². The average molecular weight is 543 g/mol. The quantitative estimate of drug-likeness (QED) is 0.455. The molecule has 0 aliphatic heterocycles. The van der Waals surface area contributed by atoms with E-state index in [9.17, 15) is 39.9 Å². The Morgan fingerprint density at radius 1 is 1.03 bits per heavy atom. The summed E-state index contributed by atoms with van der Waals surface area (Å²) in [6.45, 7) is 0. The standard InChI is InChI=1S/C20H15ClF8N6O/c1-34-15(8-3-6-11(21)10(7-8)17(36)30-9-4-5-9)31-32-16(34)13-12(19(24,25)26)14(33-35(13)2)18(22,23)20(27,28)29/h3,6-7,9H,4-5H2,1-2H3,(H,30,36). The van der Waals surface area contributed by atoms with Gasteiger partial charge in [-0.1, -0.05) is 11.6 Å². The van der Waals surface area contributed by atoms with Crippen LogP contribution in [-0.4, -0.2) is 42.7 Å². The van der Waals surface area contributed by atoms with Gasteiger partial charge in [-0.15, -0.1) is 10.2 Å². The van der Waals surface area contributed by atoms with Crippen molar-refractivity contribution in [3.63, 3.8) is 0 Å². The summed E-state index contributed by atoms with van der Waals surface area (Å²) in [5.74, 6) is -7.18. The van der Waals surface area contributed by atoms with Crippen LogP contribution < -0.4 is 5.32 Å². The van der Waals surface area contributed by atoms with Gasteiger partial charge in [0.25, 0.3) is 5.91 Å². The summed E-state index contributed by atoms with van der Waals surface area (Å²) < 4.78 is 109. The first-order valence-corrected chi connectivity index (χ1v) is 10.5. The van der Waals surface area contributed by atoms with E-state index in [4.69, 9.17) is 11.6 Å². The summed E-state index contributed by atoms with van der Waals surface area (Å²) in [7, 11) is 1.95. The molecule has 1 aromatic carbocycles. The number of carbonyl (C=O) groups is 1. The van der Waals surface area contributed by atoms with Crippen LogP contribution in [0.2, 0.25) is 5.02 Å². The molecule has 2 heterocycles. The minimum absolute atomic E-state index is 0.00769. The van der Waals surface area contributed by atoms with Crippen LogP contribution in [0.15, 0.2) is 18.2 Å². The zero-order valence-corrected chi connectivity index (χ0v) is 19.0. The van der Waals surface area contributed by atoms with Crippen molar-refractivity contribution in [2.45, 2.75) is 37.2 Å². The van der Waals surface area contributed by atoms with E-state index in [2.05, 4.69) is 20.6 Å². The number of hydrogen-bond donors (Lipinski definition) is 1. The Morgan fingerprint density at radius 2 is 1.64 bits per heavy atom.